The number of aromatic nitrogens is 2. The monoisotopic (exact) mass is 278 g/mol. The Kier molecular flexibility index (Phi) is 4.58. The van der Waals surface area contributed by atoms with Gasteiger partial charge in [-0.1, -0.05) is 43.1 Å². The van der Waals surface area contributed by atoms with Crippen LogP contribution >= 0.6 is 11.6 Å². The Balaban J connectivity index is 2.25. The van der Waals surface area contributed by atoms with Gasteiger partial charge in [-0.3, -0.25) is 9.89 Å². The van der Waals surface area contributed by atoms with E-state index in [1.807, 2.05) is 24.3 Å². The highest BCUT2D eigenvalue weighted by molar-refractivity contribution is 6.29. The molecule has 0 bridgehead atoms. The molecule has 0 aliphatic carbocycles. The molecular formula is C14H15ClN2O2. The topological polar surface area (TPSA) is 55.0 Å². The van der Waals surface area contributed by atoms with Crippen molar-refractivity contribution in [3.8, 4) is 11.6 Å². The van der Waals surface area contributed by atoms with Crippen molar-refractivity contribution in [3.63, 3.8) is 0 Å². The van der Waals surface area contributed by atoms with Crippen LogP contribution in [0.25, 0.3) is 0 Å². The van der Waals surface area contributed by atoms with E-state index in [1.165, 1.54) is 6.07 Å². The van der Waals surface area contributed by atoms with Crippen LogP contribution in [0.1, 0.15) is 25.3 Å². The summed E-state index contributed by atoms with van der Waals surface area (Å²) in [5, 5.41) is 6.51. The first-order chi connectivity index (χ1) is 9.20. The van der Waals surface area contributed by atoms with Gasteiger partial charge in [0.1, 0.15) is 10.9 Å². The smallest absolute Gasteiger partial charge is 0.285 e. The maximum atomic E-state index is 11.7. The Labute approximate surface area is 116 Å². The third kappa shape index (κ3) is 3.58. The lowest BCUT2D eigenvalue weighted by Crippen LogP contribution is -2.08. The number of para-hydroxylation sites is 1. The molecule has 0 saturated heterocycles. The molecule has 0 radical (unpaired) electrons. The van der Waals surface area contributed by atoms with Crippen LogP contribution in [0, 0.1) is 0 Å². The number of rotatable bonds is 5. The normalized spacial score (nSPS) is 10.4. The van der Waals surface area contributed by atoms with Gasteiger partial charge in [-0.25, -0.2) is 0 Å². The fourth-order valence-electron chi connectivity index (χ4n) is 1.72. The fourth-order valence-corrected chi connectivity index (χ4v) is 1.86. The lowest BCUT2D eigenvalue weighted by atomic mass is 10.1. The van der Waals surface area contributed by atoms with E-state index in [0.717, 1.165) is 24.8 Å². The third-order valence-corrected chi connectivity index (χ3v) is 2.91. The number of hydrogen-bond acceptors (Lipinski definition) is 3. The Bertz CT molecular complexity index is 610. The number of H-pyrrole nitrogens is 1. The highest BCUT2D eigenvalue weighted by atomic mass is 35.5. The summed E-state index contributed by atoms with van der Waals surface area (Å²) in [6, 6.07) is 8.90. The number of aromatic amines is 1. The fraction of sp³-hybridized carbons (Fsp3) is 0.286. The van der Waals surface area contributed by atoms with E-state index < -0.39 is 0 Å². The minimum absolute atomic E-state index is 0.00773. The van der Waals surface area contributed by atoms with Crippen molar-refractivity contribution in [1.29, 1.82) is 0 Å². The van der Waals surface area contributed by atoms with Gasteiger partial charge in [-0.15, -0.1) is 5.10 Å². The van der Waals surface area contributed by atoms with Crippen LogP contribution < -0.4 is 10.2 Å². The number of ether oxygens (including phenoxy) is 1. The molecule has 0 unspecified atom stereocenters. The van der Waals surface area contributed by atoms with E-state index in [2.05, 4.69) is 17.1 Å². The number of nitrogens with one attached hydrogen (secondary N) is 1. The van der Waals surface area contributed by atoms with E-state index in [4.69, 9.17) is 16.3 Å². The molecule has 2 rings (SSSR count). The molecule has 0 aliphatic heterocycles. The van der Waals surface area contributed by atoms with E-state index in [9.17, 15) is 4.79 Å². The molecular weight excluding hydrogens is 264 g/mol. The van der Waals surface area contributed by atoms with Crippen molar-refractivity contribution in [2.24, 2.45) is 0 Å². The average Bonchev–Trinajstić information content (AvgIpc) is 2.41. The number of benzene rings is 1. The molecule has 100 valence electrons. The molecule has 0 atom stereocenters. The van der Waals surface area contributed by atoms with Crippen molar-refractivity contribution in [2.75, 3.05) is 0 Å². The van der Waals surface area contributed by atoms with Crippen LogP contribution in [0.4, 0.5) is 0 Å². The zero-order valence-electron chi connectivity index (χ0n) is 10.6. The summed E-state index contributed by atoms with van der Waals surface area (Å²) in [5.41, 5.74) is 0.731. The molecule has 1 N–H and O–H groups in total. The molecule has 4 nitrogen and oxygen atoms in total. The van der Waals surface area contributed by atoms with Crippen LogP contribution in [-0.4, -0.2) is 10.2 Å². The van der Waals surface area contributed by atoms with Crippen LogP contribution in [0.2, 0.25) is 5.15 Å². The van der Waals surface area contributed by atoms with Gasteiger partial charge in [-0.05, 0) is 24.5 Å². The van der Waals surface area contributed by atoms with Crippen molar-refractivity contribution in [3.05, 3.63) is 51.3 Å². The average molecular weight is 279 g/mol. The number of hydrogen-bond donors (Lipinski definition) is 1. The molecule has 2 aromatic rings. The van der Waals surface area contributed by atoms with Crippen molar-refractivity contribution < 1.29 is 4.74 Å². The lowest BCUT2D eigenvalue weighted by molar-refractivity contribution is 0.444. The molecule has 0 spiro atoms. The van der Waals surface area contributed by atoms with Gasteiger partial charge in [0, 0.05) is 6.07 Å². The standard InChI is InChI=1S/C14H15ClN2O2/c1-2-3-6-10-7-4-5-8-12(10)19-14-11(18)9-13(15)16-17-14/h4-5,7-9H,2-3,6H2,1H3,(H,16,18). The van der Waals surface area contributed by atoms with Crippen molar-refractivity contribution in [2.45, 2.75) is 26.2 Å². The van der Waals surface area contributed by atoms with Crippen LogP contribution in [0.5, 0.6) is 11.6 Å². The number of nitrogens with zero attached hydrogens (tertiary/aromatic N) is 1. The number of halogens is 1. The maximum Gasteiger partial charge on any atom is 0.285 e. The molecule has 0 fully saturated rings. The number of unbranched alkanes of at least 4 members (excludes halogenated alkanes) is 1. The second-order valence-electron chi connectivity index (χ2n) is 4.20. The number of aryl methyl sites for hydroxylation is 1. The molecule has 1 heterocycles. The molecule has 19 heavy (non-hydrogen) atoms. The highest BCUT2D eigenvalue weighted by Gasteiger charge is 2.08. The summed E-state index contributed by atoms with van der Waals surface area (Å²) in [5.74, 6) is 0.671. The van der Waals surface area contributed by atoms with E-state index in [0.29, 0.717) is 5.75 Å². The zero-order valence-corrected chi connectivity index (χ0v) is 11.4. The Hall–Kier alpha value is -1.81. The molecule has 0 aliphatic rings. The third-order valence-electron chi connectivity index (χ3n) is 2.71. The SMILES string of the molecule is CCCCc1ccccc1Oc1n[nH]c(Cl)cc1=O. The van der Waals surface area contributed by atoms with Gasteiger partial charge in [0.25, 0.3) is 5.88 Å². The van der Waals surface area contributed by atoms with Crippen LogP contribution in [0.15, 0.2) is 35.1 Å². The van der Waals surface area contributed by atoms with Crippen molar-refractivity contribution in [1.82, 2.24) is 10.2 Å². The first kappa shape index (κ1) is 13.6. The first-order valence-corrected chi connectivity index (χ1v) is 6.59. The molecule has 5 heteroatoms. The summed E-state index contributed by atoms with van der Waals surface area (Å²) in [6.45, 7) is 2.13. The Morgan fingerprint density at radius 1 is 1.37 bits per heavy atom. The Morgan fingerprint density at radius 2 is 2.16 bits per heavy atom. The summed E-state index contributed by atoms with van der Waals surface area (Å²) in [6.07, 6.45) is 3.09. The van der Waals surface area contributed by atoms with Crippen LogP contribution in [-0.2, 0) is 6.42 Å². The van der Waals surface area contributed by atoms with Crippen molar-refractivity contribution >= 4 is 11.6 Å². The van der Waals surface area contributed by atoms with E-state index in [1.54, 1.807) is 0 Å². The summed E-state index contributed by atoms with van der Waals surface area (Å²) in [4.78, 5) is 11.7. The van der Waals surface area contributed by atoms with E-state index >= 15 is 0 Å². The predicted octanol–water partition coefficient (Wildman–Crippen LogP) is 3.56. The minimum Gasteiger partial charge on any atom is -0.434 e. The maximum absolute atomic E-state index is 11.7. The van der Waals surface area contributed by atoms with Gasteiger partial charge < -0.3 is 4.74 Å². The quantitative estimate of drug-likeness (QED) is 0.910. The summed E-state index contributed by atoms with van der Waals surface area (Å²) in [7, 11) is 0. The predicted molar refractivity (Wildman–Crippen MR) is 75.0 cm³/mol. The highest BCUT2D eigenvalue weighted by Crippen LogP contribution is 2.23. The van der Waals surface area contributed by atoms with Gasteiger partial charge >= 0.3 is 0 Å². The van der Waals surface area contributed by atoms with Crippen LogP contribution in [0.3, 0.4) is 0 Å². The molecule has 1 aromatic heterocycles. The largest absolute Gasteiger partial charge is 0.434 e. The Morgan fingerprint density at radius 3 is 2.89 bits per heavy atom. The van der Waals surface area contributed by atoms with Gasteiger partial charge in [0.2, 0.25) is 5.43 Å². The first-order valence-electron chi connectivity index (χ1n) is 6.21. The minimum atomic E-state index is -0.339. The molecule has 1 aromatic carbocycles. The molecule has 0 saturated carbocycles. The summed E-state index contributed by atoms with van der Waals surface area (Å²) < 4.78 is 5.58. The van der Waals surface area contributed by atoms with Gasteiger partial charge in [0.15, 0.2) is 0 Å². The lowest BCUT2D eigenvalue weighted by Gasteiger charge is -2.09. The van der Waals surface area contributed by atoms with E-state index in [-0.39, 0.29) is 16.5 Å². The second-order valence-corrected chi connectivity index (χ2v) is 4.61. The molecule has 0 amide bonds. The zero-order chi connectivity index (χ0) is 13.7. The second kappa shape index (κ2) is 6.38. The van der Waals surface area contributed by atoms with Gasteiger partial charge in [-0.2, -0.15) is 0 Å². The summed E-state index contributed by atoms with van der Waals surface area (Å²) >= 11 is 5.65. The van der Waals surface area contributed by atoms with Gasteiger partial charge in [0.05, 0.1) is 0 Å².